The van der Waals surface area contributed by atoms with Gasteiger partial charge in [-0.1, -0.05) is 17.7 Å². The number of nitrogens with zero attached hydrogens (tertiary/aromatic N) is 2. The molecule has 0 unspecified atom stereocenters. The molecule has 2 fully saturated rings. The van der Waals surface area contributed by atoms with Crippen LogP contribution in [0.25, 0.3) is 0 Å². The third-order valence-electron chi connectivity index (χ3n) is 5.11. The highest BCUT2D eigenvalue weighted by atomic mass is 32.2. The molecule has 2 atom stereocenters. The first-order chi connectivity index (χ1) is 12.9. The van der Waals surface area contributed by atoms with E-state index in [4.69, 9.17) is 4.74 Å². The monoisotopic (exact) mass is 386 g/mol. The van der Waals surface area contributed by atoms with Gasteiger partial charge in [0.15, 0.2) is 9.84 Å². The summed E-state index contributed by atoms with van der Waals surface area (Å²) in [5.74, 6) is 0.697. The van der Waals surface area contributed by atoms with Crippen molar-refractivity contribution in [2.75, 3.05) is 27.9 Å². The Bertz CT molecular complexity index is 954. The lowest BCUT2D eigenvalue weighted by molar-refractivity contribution is 0.255. The normalized spacial score (nSPS) is 23.6. The Kier molecular flexibility index (Phi) is 4.34. The summed E-state index contributed by atoms with van der Waals surface area (Å²) in [6, 6.07) is 13.9. The second-order valence-electron chi connectivity index (χ2n) is 7.00. The van der Waals surface area contributed by atoms with Crippen LogP contribution in [0, 0.1) is 6.92 Å². The van der Waals surface area contributed by atoms with Gasteiger partial charge < -0.3 is 4.74 Å². The molecule has 2 aromatic rings. The first-order valence-corrected chi connectivity index (χ1v) is 10.8. The lowest BCUT2D eigenvalue weighted by Crippen LogP contribution is -2.37. The quantitative estimate of drug-likeness (QED) is 0.758. The lowest BCUT2D eigenvalue weighted by Gasteiger charge is -2.23. The molecule has 2 aliphatic heterocycles. The van der Waals surface area contributed by atoms with E-state index in [-0.39, 0.29) is 29.6 Å². The maximum absolute atomic E-state index is 13.3. The molecule has 0 spiro atoms. The van der Waals surface area contributed by atoms with Crippen LogP contribution >= 0.6 is 0 Å². The van der Waals surface area contributed by atoms with Crippen LogP contribution in [0.15, 0.2) is 48.5 Å². The van der Waals surface area contributed by atoms with Crippen molar-refractivity contribution in [3.05, 3.63) is 54.1 Å². The Morgan fingerprint density at radius 1 is 0.926 bits per heavy atom. The summed E-state index contributed by atoms with van der Waals surface area (Å²) < 4.78 is 30.1. The van der Waals surface area contributed by atoms with Gasteiger partial charge in [-0.2, -0.15) is 0 Å². The average molecular weight is 386 g/mol. The van der Waals surface area contributed by atoms with Gasteiger partial charge in [0, 0.05) is 11.4 Å². The molecule has 2 saturated heterocycles. The summed E-state index contributed by atoms with van der Waals surface area (Å²) >= 11 is 0. The molecule has 0 N–H and O–H groups in total. The Balaban J connectivity index is 1.73. The summed E-state index contributed by atoms with van der Waals surface area (Å²) in [5.41, 5.74) is 2.50. The molecular formula is C20H22N2O4S. The van der Waals surface area contributed by atoms with E-state index in [1.54, 1.807) is 21.9 Å². The van der Waals surface area contributed by atoms with Gasteiger partial charge in [0.25, 0.3) is 0 Å². The smallest absolute Gasteiger partial charge is 0.329 e. The average Bonchev–Trinajstić information content (AvgIpc) is 3.06. The van der Waals surface area contributed by atoms with E-state index in [1.165, 1.54) is 0 Å². The number of hydrogen-bond donors (Lipinski definition) is 0. The van der Waals surface area contributed by atoms with Gasteiger partial charge in [0.1, 0.15) is 5.75 Å². The van der Waals surface area contributed by atoms with Crippen LogP contribution in [-0.4, -0.2) is 44.6 Å². The number of sulfone groups is 1. The minimum Gasteiger partial charge on any atom is -0.494 e. The molecule has 0 aromatic heterocycles. The first-order valence-electron chi connectivity index (χ1n) is 9.02. The molecular weight excluding hydrogens is 364 g/mol. The predicted molar refractivity (Wildman–Crippen MR) is 105 cm³/mol. The van der Waals surface area contributed by atoms with Gasteiger partial charge in [-0.25, -0.2) is 13.2 Å². The molecule has 2 aromatic carbocycles. The maximum Gasteiger partial charge on any atom is 0.329 e. The summed E-state index contributed by atoms with van der Waals surface area (Å²) in [6.07, 6.45) is 0. The van der Waals surface area contributed by atoms with Crippen LogP contribution in [0.3, 0.4) is 0 Å². The maximum atomic E-state index is 13.3. The van der Waals surface area contributed by atoms with Gasteiger partial charge >= 0.3 is 6.03 Å². The zero-order valence-corrected chi connectivity index (χ0v) is 16.1. The number of carbonyl (C=O) groups is 1. The van der Waals surface area contributed by atoms with Gasteiger partial charge in [0.05, 0.1) is 30.2 Å². The fraction of sp³-hybridized carbons (Fsp3) is 0.350. The van der Waals surface area contributed by atoms with Crippen molar-refractivity contribution < 1.29 is 17.9 Å². The number of carbonyl (C=O) groups excluding carboxylic acids is 1. The van der Waals surface area contributed by atoms with Gasteiger partial charge in [-0.3, -0.25) is 9.80 Å². The molecule has 7 heteroatoms. The van der Waals surface area contributed by atoms with Gasteiger partial charge in [-0.05, 0) is 50.2 Å². The Morgan fingerprint density at radius 2 is 1.41 bits per heavy atom. The van der Waals surface area contributed by atoms with Crippen molar-refractivity contribution in [2.45, 2.75) is 25.9 Å². The Hall–Kier alpha value is -2.54. The zero-order chi connectivity index (χ0) is 19.2. The highest BCUT2D eigenvalue weighted by Crippen LogP contribution is 2.38. The molecule has 2 heterocycles. The van der Waals surface area contributed by atoms with E-state index in [0.29, 0.717) is 12.3 Å². The fourth-order valence-electron chi connectivity index (χ4n) is 3.88. The van der Waals surface area contributed by atoms with Crippen LogP contribution in [0.5, 0.6) is 5.75 Å². The minimum atomic E-state index is -3.20. The lowest BCUT2D eigenvalue weighted by atomic mass is 10.1. The number of amides is 2. The number of rotatable bonds is 4. The number of benzene rings is 2. The van der Waals surface area contributed by atoms with Crippen LogP contribution in [0.2, 0.25) is 0 Å². The minimum absolute atomic E-state index is 0.00911. The van der Waals surface area contributed by atoms with Crippen LogP contribution < -0.4 is 14.5 Å². The molecule has 2 amide bonds. The summed E-state index contributed by atoms with van der Waals surface area (Å²) in [5, 5.41) is 0. The number of anilines is 2. The zero-order valence-electron chi connectivity index (χ0n) is 15.3. The Morgan fingerprint density at radius 3 is 1.89 bits per heavy atom. The van der Waals surface area contributed by atoms with Crippen molar-refractivity contribution >= 4 is 27.2 Å². The largest absolute Gasteiger partial charge is 0.494 e. The number of ether oxygens (including phenoxy) is 1. The molecule has 4 rings (SSSR count). The van der Waals surface area contributed by atoms with Crippen LogP contribution in [0.4, 0.5) is 16.2 Å². The number of aryl methyl sites for hydroxylation is 1. The highest BCUT2D eigenvalue weighted by Gasteiger charge is 2.54. The standard InChI is InChI=1S/C20H22N2O4S/c1-3-26-17-10-8-16(9-11-17)22-19-13-27(24,25)12-18(19)21(20(22)23)15-6-4-14(2)5-7-15/h4-11,18-19H,3,12-13H2,1-2H3/t18-,19-/m0/s1. The molecule has 0 saturated carbocycles. The number of fused-ring (bicyclic) bond motifs is 1. The first kappa shape index (κ1) is 17.9. The van der Waals surface area contributed by atoms with E-state index in [0.717, 1.165) is 17.0 Å². The Labute approximate surface area is 159 Å². The molecule has 2 aliphatic rings. The molecule has 0 bridgehead atoms. The van der Waals surface area contributed by atoms with E-state index in [2.05, 4.69) is 0 Å². The molecule has 27 heavy (non-hydrogen) atoms. The van der Waals surface area contributed by atoms with Gasteiger partial charge in [0.2, 0.25) is 0 Å². The summed E-state index contributed by atoms with van der Waals surface area (Å²) in [7, 11) is -3.20. The number of hydrogen-bond acceptors (Lipinski definition) is 4. The second-order valence-corrected chi connectivity index (χ2v) is 9.15. The van der Waals surface area contributed by atoms with Crippen LogP contribution in [0.1, 0.15) is 12.5 Å². The topological polar surface area (TPSA) is 66.9 Å². The van der Waals surface area contributed by atoms with Crippen molar-refractivity contribution in [3.63, 3.8) is 0 Å². The van der Waals surface area contributed by atoms with E-state index in [9.17, 15) is 13.2 Å². The van der Waals surface area contributed by atoms with Gasteiger partial charge in [-0.15, -0.1) is 0 Å². The SMILES string of the molecule is CCOc1ccc(N2C(=O)N(c3ccc(C)cc3)[C@H]3CS(=O)(=O)C[C@@H]32)cc1. The fourth-order valence-corrected chi connectivity index (χ4v) is 5.80. The molecule has 6 nitrogen and oxygen atoms in total. The molecule has 142 valence electrons. The summed E-state index contributed by atoms with van der Waals surface area (Å²) in [6.45, 7) is 4.45. The van der Waals surface area contributed by atoms with E-state index < -0.39 is 9.84 Å². The van der Waals surface area contributed by atoms with Crippen molar-refractivity contribution in [3.8, 4) is 5.75 Å². The van der Waals surface area contributed by atoms with E-state index in [1.807, 2.05) is 50.2 Å². The van der Waals surface area contributed by atoms with E-state index >= 15 is 0 Å². The van der Waals surface area contributed by atoms with Crippen molar-refractivity contribution in [1.29, 1.82) is 0 Å². The predicted octanol–water partition coefficient (Wildman–Crippen LogP) is 3.01. The number of urea groups is 1. The summed E-state index contributed by atoms with van der Waals surface area (Å²) in [4.78, 5) is 16.5. The van der Waals surface area contributed by atoms with Crippen LogP contribution in [-0.2, 0) is 9.84 Å². The molecule has 0 aliphatic carbocycles. The third-order valence-corrected chi connectivity index (χ3v) is 6.81. The highest BCUT2D eigenvalue weighted by molar-refractivity contribution is 7.91. The van der Waals surface area contributed by atoms with Crippen molar-refractivity contribution in [1.82, 2.24) is 0 Å². The second kappa shape index (κ2) is 6.56. The van der Waals surface area contributed by atoms with Crippen molar-refractivity contribution in [2.24, 2.45) is 0 Å². The third kappa shape index (κ3) is 3.16. The molecule has 0 radical (unpaired) electrons.